The van der Waals surface area contributed by atoms with Crippen LogP contribution < -0.4 is 14.5 Å². The van der Waals surface area contributed by atoms with Crippen LogP contribution in [0.15, 0.2) is 194 Å². The zero-order valence-corrected chi connectivity index (χ0v) is 44.4. The second-order valence-corrected chi connectivity index (χ2v) is 23.5. The summed E-state index contributed by atoms with van der Waals surface area (Å²) >= 11 is 0. The van der Waals surface area contributed by atoms with Crippen molar-refractivity contribution in [1.82, 2.24) is 9.55 Å². The highest BCUT2D eigenvalue weighted by Crippen LogP contribution is 2.54. The van der Waals surface area contributed by atoms with E-state index >= 15 is 0 Å². The molecule has 0 unspecified atom stereocenters. The number of benzene rings is 8. The van der Waals surface area contributed by atoms with E-state index in [-0.39, 0.29) is 95.2 Å². The number of nitrogens with zero attached hydrogens (tertiary/aromatic N) is 4. The van der Waals surface area contributed by atoms with Crippen LogP contribution in [0.4, 0.5) is 22.7 Å². The van der Waals surface area contributed by atoms with Gasteiger partial charge in [0, 0.05) is 45.9 Å². The molecular formula is C70H68N4O. The first-order valence-electron chi connectivity index (χ1n) is 31.4. The highest BCUT2D eigenvalue weighted by atomic mass is 16.5. The minimum Gasteiger partial charge on any atom is -0.457 e. The molecule has 5 nitrogen and oxygen atoms in total. The Labute approximate surface area is 459 Å². The van der Waals surface area contributed by atoms with Crippen LogP contribution in [-0.4, -0.2) is 16.2 Å². The van der Waals surface area contributed by atoms with E-state index in [4.69, 9.17) is 15.2 Å². The summed E-state index contributed by atoms with van der Waals surface area (Å²) in [5.74, 6) is 1.43. The van der Waals surface area contributed by atoms with E-state index in [0.29, 0.717) is 67.1 Å². The zero-order valence-electron chi connectivity index (χ0n) is 55.4. The van der Waals surface area contributed by atoms with E-state index in [9.17, 15) is 9.60 Å². The molecule has 10 aromatic rings. The largest absolute Gasteiger partial charge is 0.457 e. The molecule has 0 bridgehead atoms. The summed E-state index contributed by atoms with van der Waals surface area (Å²) in [6.07, 6.45) is 3.28. The van der Waals surface area contributed by atoms with Gasteiger partial charge in [-0.3, -0.25) is 4.57 Å². The van der Waals surface area contributed by atoms with Gasteiger partial charge in [0.1, 0.15) is 24.0 Å². The third-order valence-corrected chi connectivity index (χ3v) is 15.3. The van der Waals surface area contributed by atoms with E-state index in [1.54, 1.807) is 29.0 Å². The lowest BCUT2D eigenvalue weighted by Gasteiger charge is -2.42. The predicted octanol–water partition coefficient (Wildman–Crippen LogP) is 19.2. The van der Waals surface area contributed by atoms with Crippen molar-refractivity contribution in [2.24, 2.45) is 0 Å². The Morgan fingerprint density at radius 1 is 0.520 bits per heavy atom. The fourth-order valence-electron chi connectivity index (χ4n) is 10.9. The Morgan fingerprint density at radius 3 is 1.93 bits per heavy atom. The van der Waals surface area contributed by atoms with Crippen molar-refractivity contribution in [1.29, 1.82) is 0 Å². The first-order chi connectivity index (χ1) is 40.5. The summed E-state index contributed by atoms with van der Waals surface area (Å²) < 4.78 is 113. The molecule has 0 saturated carbocycles. The Kier molecular flexibility index (Phi) is 8.82. The molecule has 0 fully saturated rings. The minimum absolute atomic E-state index is 0.0664. The Balaban J connectivity index is 1.06. The maximum Gasteiger partial charge on any atom is 0.137 e. The molecule has 5 heteroatoms. The maximum atomic E-state index is 10.4. The van der Waals surface area contributed by atoms with Crippen LogP contribution in [0.3, 0.4) is 0 Å². The van der Waals surface area contributed by atoms with Gasteiger partial charge in [0.15, 0.2) is 0 Å². The second kappa shape index (κ2) is 17.9. The number of ether oxygens (including phenoxy) is 1. The lowest BCUT2D eigenvalue weighted by Crippen LogP contribution is -2.33. The smallest absolute Gasteiger partial charge is 0.137 e. The first kappa shape index (κ1) is 36.9. The number of aromatic nitrogens is 2. The highest BCUT2D eigenvalue weighted by molar-refractivity contribution is 6.09. The van der Waals surface area contributed by atoms with Crippen LogP contribution in [0.1, 0.15) is 119 Å². The van der Waals surface area contributed by atoms with Crippen molar-refractivity contribution in [3.63, 3.8) is 0 Å². The Hall–Kier alpha value is -7.89. The van der Waals surface area contributed by atoms with E-state index in [0.717, 1.165) is 46.6 Å². The van der Waals surface area contributed by atoms with Crippen molar-refractivity contribution in [2.75, 3.05) is 16.5 Å². The molecule has 12 rings (SSSR count). The third kappa shape index (κ3) is 8.66. The number of hydrogen-bond donors (Lipinski definition) is 0. The molecule has 0 radical (unpaired) electrons. The van der Waals surface area contributed by atoms with Gasteiger partial charge < -0.3 is 14.5 Å². The van der Waals surface area contributed by atoms with E-state index in [1.807, 2.05) is 103 Å². The summed E-state index contributed by atoms with van der Waals surface area (Å²) in [5, 5.41) is 0.983. The Bertz CT molecular complexity index is 4480. The van der Waals surface area contributed by atoms with Gasteiger partial charge >= 0.3 is 0 Å². The number of pyridine rings is 1. The van der Waals surface area contributed by atoms with Crippen molar-refractivity contribution in [3.8, 4) is 50.7 Å². The summed E-state index contributed by atoms with van der Waals surface area (Å²) in [6.45, 7) is 21.1. The van der Waals surface area contributed by atoms with Crippen LogP contribution in [0.25, 0.3) is 61.0 Å². The molecule has 1 aliphatic carbocycles. The molecule has 0 N–H and O–H groups in total. The van der Waals surface area contributed by atoms with Crippen molar-refractivity contribution in [2.45, 2.75) is 104 Å². The fraction of sp³-hybridized carbons (Fsp3) is 0.243. The molecule has 1 aliphatic heterocycles. The molecule has 8 aromatic carbocycles. The SMILES string of the molecule is [2H]c1c([2H])c(-c2ccccc2)c([2H])c(-c2cc(C(C)(C)C)cc(-c3c([2H])c([2H])c4c(c3[2H])C(C)(C)CCC4(C)C)c2N2CN(c3cccc(Oc4ccc5c6c([2H])c([2H])c([2H])c([2H])c6n(-c6cc(C(C)(C)C)ccn6)c5c4)c3)c3ccccc32)c1[2H]. The topological polar surface area (TPSA) is 33.5 Å². The van der Waals surface area contributed by atoms with Crippen LogP contribution in [0, 0.1) is 0 Å². The lowest BCUT2D eigenvalue weighted by atomic mass is 9.63. The minimum atomic E-state index is -0.561. The van der Waals surface area contributed by atoms with Crippen molar-refractivity contribution in [3.05, 3.63) is 216 Å². The molecule has 374 valence electrons. The first-order valence-corrected chi connectivity index (χ1v) is 25.9. The average molecular weight is 992 g/mol. The molecule has 2 aromatic heterocycles. The summed E-state index contributed by atoms with van der Waals surface area (Å²) in [4.78, 5) is 8.99. The Morgan fingerprint density at radius 2 is 1.19 bits per heavy atom. The maximum absolute atomic E-state index is 10.4. The quantitative estimate of drug-likeness (QED) is 0.152. The van der Waals surface area contributed by atoms with Gasteiger partial charge in [-0.15, -0.1) is 0 Å². The fourth-order valence-corrected chi connectivity index (χ4v) is 10.9. The van der Waals surface area contributed by atoms with Gasteiger partial charge in [-0.2, -0.15) is 0 Å². The highest BCUT2D eigenvalue weighted by Gasteiger charge is 2.38. The second-order valence-electron chi connectivity index (χ2n) is 23.5. The van der Waals surface area contributed by atoms with Gasteiger partial charge in [-0.25, -0.2) is 4.98 Å². The van der Waals surface area contributed by atoms with Gasteiger partial charge in [0.05, 0.1) is 43.2 Å². The van der Waals surface area contributed by atoms with E-state index < -0.39 is 16.2 Å². The molecule has 0 spiro atoms. The third-order valence-electron chi connectivity index (χ3n) is 15.3. The van der Waals surface area contributed by atoms with E-state index in [1.165, 1.54) is 0 Å². The van der Waals surface area contributed by atoms with Gasteiger partial charge in [0.2, 0.25) is 0 Å². The van der Waals surface area contributed by atoms with Crippen molar-refractivity contribution >= 4 is 44.6 Å². The number of para-hydroxylation sites is 3. The van der Waals surface area contributed by atoms with Crippen LogP contribution in [0.5, 0.6) is 11.5 Å². The van der Waals surface area contributed by atoms with Gasteiger partial charge in [0.25, 0.3) is 0 Å². The van der Waals surface area contributed by atoms with Gasteiger partial charge in [-0.05, 0) is 152 Å². The monoisotopic (exact) mass is 992 g/mol. The molecule has 3 heterocycles. The lowest BCUT2D eigenvalue weighted by molar-refractivity contribution is 0.332. The zero-order chi connectivity index (χ0) is 61.6. The molecule has 0 atom stereocenters. The van der Waals surface area contributed by atoms with E-state index in [2.05, 4.69) is 79.0 Å². The van der Waals surface area contributed by atoms with Crippen LogP contribution >= 0.6 is 0 Å². The molecule has 0 saturated heterocycles. The van der Waals surface area contributed by atoms with Crippen molar-refractivity contribution < 1.29 is 19.8 Å². The standard InChI is InChI=1S/C70H68N4O/c1-67(2,3)50-34-37-71-65(42-50)74-61-27-15-14-26-55(61)56-32-31-54(44-64(56)74)75-53-25-19-24-52(43-53)72-45-73(63-29-17-16-28-62(63)72)66-57(48-23-18-22-47(38-48)46-20-12-11-13-21-46)40-51(68(4,5)6)41-58(66)49-30-33-59-60(39-49)70(9,10)36-35-69(59,7)8/h11-34,37-44H,35-36,45H2,1-10H3/i14D,15D,18D,22D,23D,26D,27D,30D,33D,38D,39D. The van der Waals surface area contributed by atoms with Crippen LogP contribution in [0.2, 0.25) is 0 Å². The summed E-state index contributed by atoms with van der Waals surface area (Å²) in [5.41, 5.74) is 7.18. The predicted molar refractivity (Wildman–Crippen MR) is 316 cm³/mol. The van der Waals surface area contributed by atoms with Crippen LogP contribution in [-0.2, 0) is 21.7 Å². The number of fused-ring (bicyclic) bond motifs is 5. The molecule has 75 heavy (non-hydrogen) atoms. The summed E-state index contributed by atoms with van der Waals surface area (Å²) in [6, 6.07) is 36.2. The molecule has 0 amide bonds. The number of rotatable bonds is 8. The number of hydrogen-bond acceptors (Lipinski definition) is 4. The normalized spacial score (nSPS) is 17.1. The number of anilines is 4. The summed E-state index contributed by atoms with van der Waals surface area (Å²) in [7, 11) is 0. The average Bonchev–Trinajstić information content (AvgIpc) is 1.12. The molecule has 2 aliphatic rings. The van der Waals surface area contributed by atoms with Gasteiger partial charge in [-0.1, -0.05) is 172 Å². The molecular weight excluding hydrogens is 913 g/mol.